The van der Waals surface area contributed by atoms with E-state index in [4.69, 9.17) is 4.74 Å². The van der Waals surface area contributed by atoms with Crippen molar-refractivity contribution in [2.75, 3.05) is 6.61 Å². The van der Waals surface area contributed by atoms with Gasteiger partial charge in [-0.05, 0) is 26.2 Å². The second-order valence-corrected chi connectivity index (χ2v) is 2.70. The van der Waals surface area contributed by atoms with Crippen LogP contribution in [0.2, 0.25) is 0 Å². The van der Waals surface area contributed by atoms with E-state index in [9.17, 15) is 4.79 Å². The van der Waals surface area contributed by atoms with Crippen LogP contribution in [0.1, 0.15) is 32.6 Å². The van der Waals surface area contributed by atoms with Crippen LogP contribution in [-0.4, -0.2) is 12.6 Å². The molecule has 0 rings (SSSR count). The molecule has 2 heteroatoms. The molecule has 0 aliphatic heterocycles. The van der Waals surface area contributed by atoms with Crippen molar-refractivity contribution >= 4 is 5.97 Å². The largest absolute Gasteiger partial charge is 0.466 e. The van der Waals surface area contributed by atoms with Crippen molar-refractivity contribution in [1.82, 2.24) is 0 Å². The fourth-order valence-electron chi connectivity index (χ4n) is 0.897. The van der Waals surface area contributed by atoms with Crippen LogP contribution in [0.3, 0.4) is 0 Å². The third-order valence-corrected chi connectivity index (χ3v) is 1.54. The van der Waals surface area contributed by atoms with Crippen molar-refractivity contribution in [3.8, 4) is 0 Å². The van der Waals surface area contributed by atoms with Crippen LogP contribution < -0.4 is 0 Å². The maximum atomic E-state index is 10.8. The molecule has 13 heavy (non-hydrogen) atoms. The number of carbonyl (C=O) groups excluding carboxylic acids is 1. The van der Waals surface area contributed by atoms with Gasteiger partial charge in [0.2, 0.25) is 0 Å². The van der Waals surface area contributed by atoms with Crippen LogP contribution in [0.15, 0.2) is 24.8 Å². The Kier molecular flexibility index (Phi) is 8.31. The van der Waals surface area contributed by atoms with Crippen LogP contribution in [0.4, 0.5) is 0 Å². The van der Waals surface area contributed by atoms with Gasteiger partial charge in [-0.1, -0.05) is 18.2 Å². The molecule has 0 aliphatic rings. The van der Waals surface area contributed by atoms with Gasteiger partial charge < -0.3 is 4.74 Å². The lowest BCUT2D eigenvalue weighted by Gasteiger charge is -1.96. The molecule has 0 heterocycles. The number of rotatable bonds is 7. The molecule has 0 fully saturated rings. The van der Waals surface area contributed by atoms with Gasteiger partial charge in [-0.15, -0.1) is 6.58 Å². The van der Waals surface area contributed by atoms with Crippen LogP contribution in [0.25, 0.3) is 0 Å². The summed E-state index contributed by atoms with van der Waals surface area (Å²) >= 11 is 0. The van der Waals surface area contributed by atoms with Gasteiger partial charge in [-0.2, -0.15) is 0 Å². The van der Waals surface area contributed by atoms with Crippen LogP contribution in [0, 0.1) is 0 Å². The topological polar surface area (TPSA) is 26.3 Å². The van der Waals surface area contributed by atoms with Gasteiger partial charge >= 0.3 is 5.97 Å². The van der Waals surface area contributed by atoms with Crippen molar-refractivity contribution in [2.45, 2.75) is 32.6 Å². The van der Waals surface area contributed by atoms with Gasteiger partial charge in [0.25, 0.3) is 0 Å². The summed E-state index contributed by atoms with van der Waals surface area (Å²) in [7, 11) is 0. The van der Waals surface area contributed by atoms with Gasteiger partial charge in [0, 0.05) is 0 Å². The average molecular weight is 182 g/mol. The zero-order valence-corrected chi connectivity index (χ0v) is 8.29. The highest BCUT2D eigenvalue weighted by Gasteiger charge is 1.95. The van der Waals surface area contributed by atoms with Crippen molar-refractivity contribution in [1.29, 1.82) is 0 Å². The molecule has 0 atom stereocenters. The van der Waals surface area contributed by atoms with E-state index in [0.29, 0.717) is 13.0 Å². The lowest BCUT2D eigenvalue weighted by Crippen LogP contribution is -2.01. The Bertz CT molecular complexity index is 171. The van der Waals surface area contributed by atoms with Gasteiger partial charge in [0.1, 0.15) is 0 Å². The molecule has 0 saturated heterocycles. The zero-order chi connectivity index (χ0) is 9.94. The van der Waals surface area contributed by atoms with Crippen molar-refractivity contribution in [3.05, 3.63) is 24.8 Å². The minimum Gasteiger partial charge on any atom is -0.466 e. The van der Waals surface area contributed by atoms with Crippen LogP contribution >= 0.6 is 0 Å². The number of unbranched alkanes of at least 4 members (excludes halogenated alkanes) is 2. The lowest BCUT2D eigenvalue weighted by molar-refractivity contribution is -0.142. The molecular formula is C11H18O2. The highest BCUT2D eigenvalue weighted by molar-refractivity contribution is 5.71. The minimum absolute atomic E-state index is 0.150. The summed E-state index contributed by atoms with van der Waals surface area (Å²) in [5.74, 6) is -0.150. The molecule has 0 aromatic heterocycles. The highest BCUT2D eigenvalue weighted by atomic mass is 16.5. The van der Waals surface area contributed by atoms with Gasteiger partial charge in [-0.3, -0.25) is 4.79 Å². The molecule has 0 N–H and O–H groups in total. The molecule has 0 spiro atoms. The molecule has 0 bridgehead atoms. The highest BCUT2D eigenvalue weighted by Crippen LogP contribution is 1.98. The number of hydrogen-bond donors (Lipinski definition) is 0. The summed E-state index contributed by atoms with van der Waals surface area (Å²) in [6.07, 6.45) is 9.31. The van der Waals surface area contributed by atoms with E-state index >= 15 is 0 Å². The summed E-state index contributed by atoms with van der Waals surface area (Å²) < 4.78 is 4.76. The van der Waals surface area contributed by atoms with E-state index in [1.807, 2.05) is 25.2 Å². The molecule has 2 nitrogen and oxygen atoms in total. The number of hydrogen-bond acceptors (Lipinski definition) is 2. The Morgan fingerprint density at radius 3 is 2.77 bits per heavy atom. The maximum Gasteiger partial charge on any atom is 0.309 e. The summed E-state index contributed by atoms with van der Waals surface area (Å²) in [4.78, 5) is 10.8. The minimum atomic E-state index is -0.150. The predicted octanol–water partition coefficient (Wildman–Crippen LogP) is 2.85. The number of ether oxygens (including phenoxy) is 1. The number of allylic oxidation sites excluding steroid dienone is 2. The average Bonchev–Trinajstić information content (AvgIpc) is 2.11. The molecule has 0 unspecified atom stereocenters. The Morgan fingerprint density at radius 2 is 2.15 bits per heavy atom. The molecule has 0 saturated carbocycles. The first-order chi connectivity index (χ1) is 6.31. The molecule has 0 amide bonds. The third kappa shape index (κ3) is 8.86. The van der Waals surface area contributed by atoms with Crippen molar-refractivity contribution in [3.63, 3.8) is 0 Å². The summed E-state index contributed by atoms with van der Waals surface area (Å²) in [6, 6.07) is 0. The Morgan fingerprint density at radius 1 is 1.38 bits per heavy atom. The first-order valence-corrected chi connectivity index (χ1v) is 4.72. The maximum absolute atomic E-state index is 10.8. The zero-order valence-electron chi connectivity index (χ0n) is 8.29. The van der Waals surface area contributed by atoms with Crippen molar-refractivity contribution < 1.29 is 9.53 Å². The standard InChI is InChI=1S/C11H18O2/c1-3-5-6-7-8-9-10-11(12)13-4-2/h3,8-9H,1,4-7,10H2,2H3. The van der Waals surface area contributed by atoms with E-state index in [1.165, 1.54) is 0 Å². The molecule has 0 radical (unpaired) electrons. The molecule has 0 aromatic carbocycles. The summed E-state index contributed by atoms with van der Waals surface area (Å²) in [5.41, 5.74) is 0. The lowest BCUT2D eigenvalue weighted by atomic mass is 10.2. The first kappa shape index (κ1) is 11.9. The van der Waals surface area contributed by atoms with Crippen molar-refractivity contribution in [2.24, 2.45) is 0 Å². The molecule has 74 valence electrons. The van der Waals surface area contributed by atoms with Gasteiger partial charge in [0.05, 0.1) is 13.0 Å². The van der Waals surface area contributed by atoms with Gasteiger partial charge in [0.15, 0.2) is 0 Å². The van der Waals surface area contributed by atoms with Crippen LogP contribution in [0.5, 0.6) is 0 Å². The van der Waals surface area contributed by atoms with E-state index < -0.39 is 0 Å². The summed E-state index contributed by atoms with van der Waals surface area (Å²) in [6.45, 7) is 5.91. The summed E-state index contributed by atoms with van der Waals surface area (Å²) in [5, 5.41) is 0. The second kappa shape index (κ2) is 9.04. The Labute approximate surface area is 80.3 Å². The normalized spacial score (nSPS) is 10.2. The molecular weight excluding hydrogens is 164 g/mol. The van der Waals surface area contributed by atoms with E-state index in [0.717, 1.165) is 19.3 Å². The fraction of sp³-hybridized carbons (Fsp3) is 0.545. The number of esters is 1. The van der Waals surface area contributed by atoms with E-state index in [-0.39, 0.29) is 5.97 Å². The predicted molar refractivity (Wildman–Crippen MR) is 54.4 cm³/mol. The molecule has 0 aliphatic carbocycles. The number of carbonyl (C=O) groups is 1. The monoisotopic (exact) mass is 182 g/mol. The molecule has 0 aromatic rings. The quantitative estimate of drug-likeness (QED) is 0.344. The SMILES string of the molecule is C=CCCCC=CCC(=O)OCC. The van der Waals surface area contributed by atoms with Crippen LogP contribution in [-0.2, 0) is 9.53 Å². The third-order valence-electron chi connectivity index (χ3n) is 1.54. The Balaban J connectivity index is 3.29. The fourth-order valence-corrected chi connectivity index (χ4v) is 0.897. The second-order valence-electron chi connectivity index (χ2n) is 2.70. The smallest absolute Gasteiger partial charge is 0.309 e. The van der Waals surface area contributed by atoms with Gasteiger partial charge in [-0.25, -0.2) is 0 Å². The van der Waals surface area contributed by atoms with E-state index in [1.54, 1.807) is 0 Å². The first-order valence-electron chi connectivity index (χ1n) is 4.72. The van der Waals surface area contributed by atoms with E-state index in [2.05, 4.69) is 6.58 Å². The Hall–Kier alpha value is -1.05.